The summed E-state index contributed by atoms with van der Waals surface area (Å²) in [7, 11) is 0. The molecule has 7 nitrogen and oxygen atoms in total. The van der Waals surface area contributed by atoms with Crippen LogP contribution in [0.2, 0.25) is 0 Å². The van der Waals surface area contributed by atoms with Crippen molar-refractivity contribution in [2.75, 3.05) is 6.54 Å². The summed E-state index contributed by atoms with van der Waals surface area (Å²) in [4.78, 5) is 12.3. The van der Waals surface area contributed by atoms with Crippen LogP contribution in [0.15, 0.2) is 5.11 Å². The minimum atomic E-state index is -1.43. The Kier molecular flexibility index (Phi) is 10.4. The number of rotatable bonds is 6. The normalized spacial score (nSPS) is 20.7. The first-order valence-corrected chi connectivity index (χ1v) is 8.81. The summed E-state index contributed by atoms with van der Waals surface area (Å²) in [6.07, 6.45) is 13.1. The molecule has 0 spiro atoms. The lowest BCUT2D eigenvalue weighted by molar-refractivity contribution is -0.146. The van der Waals surface area contributed by atoms with Crippen molar-refractivity contribution in [3.8, 4) is 0 Å². The molecule has 0 heterocycles. The van der Waals surface area contributed by atoms with Gasteiger partial charge in [0.05, 0.1) is 0 Å². The quantitative estimate of drug-likeness (QED) is 0.394. The van der Waals surface area contributed by atoms with Crippen molar-refractivity contribution in [2.45, 2.75) is 88.8 Å². The number of hydrogen-bond acceptors (Lipinski definition) is 4. The molecule has 0 aromatic heterocycles. The maximum Gasteiger partial charge on any atom is 0.332 e. The number of carboxylic acids is 1. The van der Waals surface area contributed by atoms with Crippen LogP contribution in [0.5, 0.6) is 0 Å². The molecule has 2 fully saturated rings. The maximum absolute atomic E-state index is 9.91. The van der Waals surface area contributed by atoms with Crippen LogP contribution in [0.25, 0.3) is 10.4 Å². The van der Waals surface area contributed by atoms with E-state index in [0.717, 1.165) is 12.1 Å². The lowest BCUT2D eigenvalue weighted by Crippen LogP contribution is -2.40. The molecule has 0 saturated heterocycles. The number of aliphatic hydroxyl groups excluding tert-OH is 1. The second-order valence-electron chi connectivity index (χ2n) is 6.43. The van der Waals surface area contributed by atoms with Gasteiger partial charge in [-0.3, -0.25) is 0 Å². The molecule has 0 amide bonds. The second kappa shape index (κ2) is 12.2. The van der Waals surface area contributed by atoms with Crippen LogP contribution >= 0.6 is 0 Å². The van der Waals surface area contributed by atoms with E-state index in [4.69, 9.17) is 15.7 Å². The number of nitrogens with zero attached hydrogens (tertiary/aromatic N) is 3. The molecule has 23 heavy (non-hydrogen) atoms. The molecule has 3 N–H and O–H groups in total. The van der Waals surface area contributed by atoms with E-state index in [9.17, 15) is 4.79 Å². The van der Waals surface area contributed by atoms with Gasteiger partial charge in [-0.2, -0.15) is 0 Å². The zero-order valence-electron chi connectivity index (χ0n) is 13.9. The number of carboxylic acid groups (broad SMARTS) is 1. The van der Waals surface area contributed by atoms with Gasteiger partial charge in [0, 0.05) is 23.5 Å². The topological polar surface area (TPSA) is 118 Å². The smallest absolute Gasteiger partial charge is 0.332 e. The first kappa shape index (κ1) is 19.7. The van der Waals surface area contributed by atoms with E-state index in [1.807, 2.05) is 0 Å². The molecule has 7 heteroatoms. The number of nitrogens with one attached hydrogen (secondary N) is 1. The summed E-state index contributed by atoms with van der Waals surface area (Å²) in [5.74, 6) is -1.30. The molecule has 0 aromatic carbocycles. The summed E-state index contributed by atoms with van der Waals surface area (Å²) in [6.45, 7) is 0.00394. The highest BCUT2D eigenvalue weighted by atomic mass is 16.4. The van der Waals surface area contributed by atoms with Crippen molar-refractivity contribution in [3.05, 3.63) is 10.4 Å². The average molecular weight is 326 g/mol. The number of aliphatic carboxylic acids is 1. The van der Waals surface area contributed by atoms with Gasteiger partial charge in [0.25, 0.3) is 0 Å². The van der Waals surface area contributed by atoms with Gasteiger partial charge in [-0.15, -0.1) is 0 Å². The maximum atomic E-state index is 9.91. The van der Waals surface area contributed by atoms with E-state index in [1.54, 1.807) is 0 Å². The Balaban J connectivity index is 0.000000241. The molecule has 2 rings (SSSR count). The van der Waals surface area contributed by atoms with E-state index in [1.165, 1.54) is 64.2 Å². The molecule has 2 aliphatic carbocycles. The van der Waals surface area contributed by atoms with E-state index in [-0.39, 0.29) is 13.0 Å². The Morgan fingerprint density at radius 1 is 1.09 bits per heavy atom. The SMILES string of the molecule is C1CCC(NC2CCCCC2)CC1.[N-]=[N+]=NCC[C@H](O)C(=O)O. The number of carbonyl (C=O) groups is 1. The van der Waals surface area contributed by atoms with Crippen LogP contribution < -0.4 is 5.32 Å². The average Bonchev–Trinajstić information content (AvgIpc) is 2.57. The second-order valence-corrected chi connectivity index (χ2v) is 6.43. The van der Waals surface area contributed by atoms with Crippen molar-refractivity contribution in [2.24, 2.45) is 5.11 Å². The lowest BCUT2D eigenvalue weighted by atomic mass is 9.91. The van der Waals surface area contributed by atoms with Gasteiger partial charge in [-0.1, -0.05) is 43.6 Å². The fraction of sp³-hybridized carbons (Fsp3) is 0.938. The molecular formula is C16H30N4O3. The minimum Gasteiger partial charge on any atom is -0.479 e. The highest BCUT2D eigenvalue weighted by Crippen LogP contribution is 2.22. The van der Waals surface area contributed by atoms with Gasteiger partial charge in [0.2, 0.25) is 0 Å². The highest BCUT2D eigenvalue weighted by molar-refractivity contribution is 5.71. The molecular weight excluding hydrogens is 296 g/mol. The largest absolute Gasteiger partial charge is 0.479 e. The standard InChI is InChI=1S/C12H23N.C4H7N3O3/c1-3-7-11(8-4-1)13-12-9-5-2-6-10-12;5-7-6-2-1-3(8)4(9)10/h11-13H,1-10H2;3,8H,1-2H2,(H,9,10)/t;3-/m.0/s1. The fourth-order valence-corrected chi connectivity index (χ4v) is 3.22. The van der Waals surface area contributed by atoms with Gasteiger partial charge < -0.3 is 15.5 Å². The molecule has 2 aliphatic rings. The van der Waals surface area contributed by atoms with Crippen LogP contribution in [-0.2, 0) is 4.79 Å². The molecule has 0 radical (unpaired) electrons. The third kappa shape index (κ3) is 9.43. The summed E-state index contributed by atoms with van der Waals surface area (Å²) in [6, 6.07) is 1.74. The minimum absolute atomic E-state index is 0.00394. The Hall–Kier alpha value is -1.30. The van der Waals surface area contributed by atoms with E-state index in [2.05, 4.69) is 15.3 Å². The molecule has 1 atom stereocenters. The van der Waals surface area contributed by atoms with Gasteiger partial charge in [-0.05, 0) is 37.6 Å². The Morgan fingerprint density at radius 2 is 1.57 bits per heavy atom. The molecule has 0 aliphatic heterocycles. The van der Waals surface area contributed by atoms with Gasteiger partial charge in [-0.25, -0.2) is 4.79 Å². The summed E-state index contributed by atoms with van der Waals surface area (Å²) in [5.41, 5.74) is 7.75. The van der Waals surface area contributed by atoms with Gasteiger partial charge in [0.15, 0.2) is 6.10 Å². The van der Waals surface area contributed by atoms with Gasteiger partial charge in [0.1, 0.15) is 0 Å². The Labute approximate surface area is 138 Å². The van der Waals surface area contributed by atoms with Crippen molar-refractivity contribution in [1.29, 1.82) is 0 Å². The van der Waals surface area contributed by atoms with E-state index >= 15 is 0 Å². The van der Waals surface area contributed by atoms with Crippen LogP contribution in [0.3, 0.4) is 0 Å². The highest BCUT2D eigenvalue weighted by Gasteiger charge is 2.19. The first-order valence-electron chi connectivity index (χ1n) is 8.81. The van der Waals surface area contributed by atoms with Gasteiger partial charge >= 0.3 is 5.97 Å². The zero-order valence-corrected chi connectivity index (χ0v) is 13.9. The number of azide groups is 1. The van der Waals surface area contributed by atoms with Crippen LogP contribution in [0.4, 0.5) is 0 Å². The molecule has 0 bridgehead atoms. The van der Waals surface area contributed by atoms with Crippen molar-refractivity contribution >= 4 is 5.97 Å². The van der Waals surface area contributed by atoms with Crippen LogP contribution in [0, 0.1) is 0 Å². The van der Waals surface area contributed by atoms with Crippen molar-refractivity contribution in [3.63, 3.8) is 0 Å². The van der Waals surface area contributed by atoms with E-state index in [0.29, 0.717) is 0 Å². The monoisotopic (exact) mass is 326 g/mol. The third-order valence-electron chi connectivity index (χ3n) is 4.53. The molecule has 2 saturated carbocycles. The molecule has 132 valence electrons. The first-order chi connectivity index (χ1) is 11.1. The summed E-state index contributed by atoms with van der Waals surface area (Å²) >= 11 is 0. The lowest BCUT2D eigenvalue weighted by Gasteiger charge is -2.30. The molecule has 0 unspecified atom stereocenters. The number of hydrogen-bond donors (Lipinski definition) is 3. The van der Waals surface area contributed by atoms with Crippen LogP contribution in [-0.4, -0.2) is 40.9 Å². The number of aliphatic hydroxyl groups is 1. The van der Waals surface area contributed by atoms with Crippen LogP contribution in [0.1, 0.15) is 70.6 Å². The van der Waals surface area contributed by atoms with Crippen molar-refractivity contribution in [1.82, 2.24) is 5.32 Å². The molecule has 0 aromatic rings. The van der Waals surface area contributed by atoms with E-state index < -0.39 is 12.1 Å². The Bertz CT molecular complexity index is 358. The summed E-state index contributed by atoms with van der Waals surface area (Å²) in [5, 5.41) is 23.6. The predicted molar refractivity (Wildman–Crippen MR) is 89.2 cm³/mol. The third-order valence-corrected chi connectivity index (χ3v) is 4.53. The zero-order chi connectivity index (χ0) is 16.9. The van der Waals surface area contributed by atoms with Crippen molar-refractivity contribution < 1.29 is 15.0 Å². The fourth-order valence-electron chi connectivity index (χ4n) is 3.22. The predicted octanol–water partition coefficient (Wildman–Crippen LogP) is 3.37. The summed E-state index contributed by atoms with van der Waals surface area (Å²) < 4.78 is 0. The Morgan fingerprint density at radius 3 is 1.96 bits per heavy atom.